The van der Waals surface area contributed by atoms with Gasteiger partial charge in [-0.25, -0.2) is 13.4 Å². The van der Waals surface area contributed by atoms with Crippen molar-refractivity contribution in [2.24, 2.45) is 0 Å². The first-order chi connectivity index (χ1) is 9.83. The quantitative estimate of drug-likeness (QED) is 0.866. The average molecular weight is 370 g/mol. The number of nitrogens with one attached hydrogen (secondary N) is 2. The van der Waals surface area contributed by atoms with Crippen molar-refractivity contribution in [1.82, 2.24) is 4.98 Å². The summed E-state index contributed by atoms with van der Waals surface area (Å²) in [5.41, 5.74) is 2.47. The van der Waals surface area contributed by atoms with Gasteiger partial charge in [0.05, 0.1) is 0 Å². The predicted octanol–water partition coefficient (Wildman–Crippen LogP) is 3.30. The van der Waals surface area contributed by atoms with E-state index in [0.29, 0.717) is 11.5 Å². The highest BCUT2D eigenvalue weighted by atomic mass is 79.9. The fourth-order valence-corrected chi connectivity index (χ4v) is 3.12. The SMILES string of the molecule is CNc1ccc(S(=O)(=O)Nc2cc(C)c(Br)c(C)c2)cn1. The van der Waals surface area contributed by atoms with Crippen molar-refractivity contribution in [3.8, 4) is 0 Å². The molecule has 0 radical (unpaired) electrons. The van der Waals surface area contributed by atoms with Gasteiger partial charge in [0.2, 0.25) is 0 Å². The summed E-state index contributed by atoms with van der Waals surface area (Å²) < 4.78 is 28.2. The largest absolute Gasteiger partial charge is 0.373 e. The van der Waals surface area contributed by atoms with Gasteiger partial charge in [0.1, 0.15) is 10.7 Å². The Hall–Kier alpha value is -1.60. The van der Waals surface area contributed by atoms with Gasteiger partial charge in [-0.1, -0.05) is 15.9 Å². The third kappa shape index (κ3) is 3.54. The Bertz CT molecular complexity index is 735. The molecular formula is C14H16BrN3O2S. The van der Waals surface area contributed by atoms with Crippen LogP contribution >= 0.6 is 15.9 Å². The number of aromatic nitrogens is 1. The molecule has 7 heteroatoms. The van der Waals surface area contributed by atoms with Crippen LogP contribution in [0.1, 0.15) is 11.1 Å². The molecule has 5 nitrogen and oxygen atoms in total. The summed E-state index contributed by atoms with van der Waals surface area (Å²) in [7, 11) is -1.92. The molecule has 1 aromatic heterocycles. The van der Waals surface area contributed by atoms with Gasteiger partial charge in [-0.3, -0.25) is 4.72 Å². The molecular weight excluding hydrogens is 354 g/mol. The molecule has 1 aromatic carbocycles. The molecule has 0 aliphatic carbocycles. The highest BCUT2D eigenvalue weighted by molar-refractivity contribution is 9.10. The molecule has 0 bridgehead atoms. The third-order valence-electron chi connectivity index (χ3n) is 2.99. The summed E-state index contributed by atoms with van der Waals surface area (Å²) in [5, 5.41) is 2.84. The zero-order valence-corrected chi connectivity index (χ0v) is 14.3. The average Bonchev–Trinajstić information content (AvgIpc) is 2.44. The van der Waals surface area contributed by atoms with Gasteiger partial charge < -0.3 is 5.32 Å². The smallest absolute Gasteiger partial charge is 0.263 e. The Balaban J connectivity index is 2.32. The standard InChI is InChI=1S/C14H16BrN3O2S/c1-9-6-11(7-10(2)14(9)15)18-21(19,20)12-4-5-13(16-3)17-8-12/h4-8,18H,1-3H3,(H,16,17). The highest BCUT2D eigenvalue weighted by Crippen LogP contribution is 2.26. The van der Waals surface area contributed by atoms with Crippen LogP contribution in [0, 0.1) is 13.8 Å². The molecule has 112 valence electrons. The lowest BCUT2D eigenvalue weighted by atomic mass is 10.1. The van der Waals surface area contributed by atoms with E-state index < -0.39 is 10.0 Å². The zero-order chi connectivity index (χ0) is 15.6. The van der Waals surface area contributed by atoms with Gasteiger partial charge in [0.25, 0.3) is 10.0 Å². The maximum Gasteiger partial charge on any atom is 0.263 e. The molecule has 0 saturated carbocycles. The first kappa shape index (κ1) is 15.8. The maximum absolute atomic E-state index is 12.3. The molecule has 21 heavy (non-hydrogen) atoms. The van der Waals surface area contributed by atoms with E-state index in [4.69, 9.17) is 0 Å². The number of nitrogens with zero attached hydrogens (tertiary/aromatic N) is 1. The van der Waals surface area contributed by atoms with Crippen molar-refractivity contribution >= 4 is 37.5 Å². The van der Waals surface area contributed by atoms with E-state index in [1.54, 1.807) is 25.2 Å². The predicted molar refractivity (Wildman–Crippen MR) is 88.2 cm³/mol. The number of hydrogen-bond donors (Lipinski definition) is 2. The number of benzene rings is 1. The molecule has 0 fully saturated rings. The molecule has 1 heterocycles. The van der Waals surface area contributed by atoms with E-state index in [-0.39, 0.29) is 4.90 Å². The van der Waals surface area contributed by atoms with E-state index in [1.807, 2.05) is 13.8 Å². The molecule has 0 saturated heterocycles. The molecule has 0 atom stereocenters. The van der Waals surface area contributed by atoms with Crippen LogP contribution in [0.15, 0.2) is 39.8 Å². The minimum absolute atomic E-state index is 0.125. The third-order valence-corrected chi connectivity index (χ3v) is 5.61. The second-order valence-electron chi connectivity index (χ2n) is 4.66. The van der Waals surface area contributed by atoms with Crippen molar-refractivity contribution < 1.29 is 8.42 Å². The number of halogens is 1. The van der Waals surface area contributed by atoms with Crippen molar-refractivity contribution in [2.75, 3.05) is 17.1 Å². The van der Waals surface area contributed by atoms with Crippen LogP contribution in [-0.4, -0.2) is 20.4 Å². The molecule has 2 aromatic rings. The lowest BCUT2D eigenvalue weighted by molar-refractivity contribution is 0.601. The first-order valence-corrected chi connectivity index (χ1v) is 8.54. The number of rotatable bonds is 4. The lowest BCUT2D eigenvalue weighted by Crippen LogP contribution is -2.13. The summed E-state index contributed by atoms with van der Waals surface area (Å²) in [5.74, 6) is 0.615. The number of pyridine rings is 1. The van der Waals surface area contributed by atoms with Gasteiger partial charge in [0.15, 0.2) is 0 Å². The van der Waals surface area contributed by atoms with Crippen LogP contribution in [0.2, 0.25) is 0 Å². The van der Waals surface area contributed by atoms with Gasteiger partial charge in [0, 0.05) is 23.4 Å². The normalized spacial score (nSPS) is 11.2. The number of aryl methyl sites for hydroxylation is 2. The van der Waals surface area contributed by atoms with E-state index in [9.17, 15) is 8.42 Å². The number of sulfonamides is 1. The Morgan fingerprint density at radius 1 is 1.14 bits per heavy atom. The number of hydrogen-bond acceptors (Lipinski definition) is 4. The zero-order valence-electron chi connectivity index (χ0n) is 11.9. The molecule has 0 unspecified atom stereocenters. The van der Waals surface area contributed by atoms with Crippen LogP contribution in [0.3, 0.4) is 0 Å². The lowest BCUT2D eigenvalue weighted by Gasteiger charge is -2.11. The van der Waals surface area contributed by atoms with E-state index in [2.05, 4.69) is 31.0 Å². The van der Waals surface area contributed by atoms with E-state index in [1.165, 1.54) is 12.3 Å². The van der Waals surface area contributed by atoms with Crippen LogP contribution < -0.4 is 10.0 Å². The first-order valence-electron chi connectivity index (χ1n) is 6.27. The fraction of sp³-hybridized carbons (Fsp3) is 0.214. The van der Waals surface area contributed by atoms with E-state index in [0.717, 1.165) is 15.6 Å². The molecule has 0 spiro atoms. The summed E-state index contributed by atoms with van der Waals surface area (Å²) in [6.07, 6.45) is 1.33. The Morgan fingerprint density at radius 3 is 2.24 bits per heavy atom. The van der Waals surface area contributed by atoms with Crippen LogP contribution in [0.5, 0.6) is 0 Å². The van der Waals surface area contributed by atoms with Crippen LogP contribution in [0.25, 0.3) is 0 Å². The fourth-order valence-electron chi connectivity index (χ4n) is 1.91. The van der Waals surface area contributed by atoms with Crippen LogP contribution in [0.4, 0.5) is 11.5 Å². The van der Waals surface area contributed by atoms with Gasteiger partial charge in [-0.2, -0.15) is 0 Å². The van der Waals surface area contributed by atoms with Gasteiger partial charge >= 0.3 is 0 Å². The molecule has 2 N–H and O–H groups in total. The second kappa shape index (κ2) is 6.03. The van der Waals surface area contributed by atoms with Crippen molar-refractivity contribution in [1.29, 1.82) is 0 Å². The summed E-state index contributed by atoms with van der Waals surface area (Å²) in [4.78, 5) is 4.14. The summed E-state index contributed by atoms with van der Waals surface area (Å²) in [6, 6.07) is 6.69. The van der Waals surface area contributed by atoms with Crippen molar-refractivity contribution in [3.05, 3.63) is 46.1 Å². The van der Waals surface area contributed by atoms with Gasteiger partial charge in [-0.15, -0.1) is 0 Å². The Morgan fingerprint density at radius 2 is 1.76 bits per heavy atom. The van der Waals surface area contributed by atoms with Crippen molar-refractivity contribution in [2.45, 2.75) is 18.7 Å². The molecule has 0 aliphatic heterocycles. The minimum atomic E-state index is -3.64. The van der Waals surface area contributed by atoms with E-state index >= 15 is 0 Å². The molecule has 0 amide bonds. The topological polar surface area (TPSA) is 71.1 Å². The minimum Gasteiger partial charge on any atom is -0.373 e. The summed E-state index contributed by atoms with van der Waals surface area (Å²) in [6.45, 7) is 3.83. The van der Waals surface area contributed by atoms with Crippen LogP contribution in [-0.2, 0) is 10.0 Å². The summed E-state index contributed by atoms with van der Waals surface area (Å²) >= 11 is 3.46. The maximum atomic E-state index is 12.3. The molecule has 0 aliphatic rings. The second-order valence-corrected chi connectivity index (χ2v) is 7.13. The monoisotopic (exact) mass is 369 g/mol. The van der Waals surface area contributed by atoms with Gasteiger partial charge in [-0.05, 0) is 49.2 Å². The number of anilines is 2. The molecule has 2 rings (SSSR count). The van der Waals surface area contributed by atoms with Crippen molar-refractivity contribution in [3.63, 3.8) is 0 Å². The Kier molecular flexibility index (Phi) is 4.53. The highest BCUT2D eigenvalue weighted by Gasteiger charge is 2.15. The Labute approximate surface area is 133 Å².